The van der Waals surface area contributed by atoms with E-state index in [9.17, 15) is 9.59 Å². The topological polar surface area (TPSA) is 71.1 Å². The highest BCUT2D eigenvalue weighted by Crippen LogP contribution is 2.39. The third-order valence-electron chi connectivity index (χ3n) is 5.02. The number of hydrogen-bond acceptors (Lipinski definition) is 6. The average molecular weight is 354 g/mol. The maximum atomic E-state index is 11.8. The van der Waals surface area contributed by atoms with Gasteiger partial charge in [0.15, 0.2) is 5.79 Å². The lowest BCUT2D eigenvalue weighted by Crippen LogP contribution is -2.44. The van der Waals surface area contributed by atoms with Crippen molar-refractivity contribution in [2.45, 2.75) is 58.2 Å². The van der Waals surface area contributed by atoms with Crippen molar-refractivity contribution in [3.05, 3.63) is 12.2 Å². The number of carbonyl (C=O) groups is 2. The van der Waals surface area contributed by atoms with Gasteiger partial charge < -0.3 is 18.9 Å². The second-order valence-electron chi connectivity index (χ2n) is 7.02. The number of hydrogen-bond donors (Lipinski definition) is 0. The van der Waals surface area contributed by atoms with Gasteiger partial charge in [0.05, 0.1) is 26.2 Å². The summed E-state index contributed by atoms with van der Waals surface area (Å²) in [6.07, 6.45) is 5.23. The lowest BCUT2D eigenvalue weighted by Gasteiger charge is -2.40. The minimum Gasteiger partial charge on any atom is -0.465 e. The Morgan fingerprint density at radius 3 is 2.40 bits per heavy atom. The van der Waals surface area contributed by atoms with E-state index in [0.29, 0.717) is 25.4 Å². The fourth-order valence-electron chi connectivity index (χ4n) is 3.29. The molecule has 2 rings (SSSR count). The van der Waals surface area contributed by atoms with Crippen LogP contribution in [-0.4, -0.2) is 44.2 Å². The normalized spacial score (nSPS) is 21.0. The Labute approximate surface area is 149 Å². The van der Waals surface area contributed by atoms with E-state index in [1.807, 2.05) is 0 Å². The van der Waals surface area contributed by atoms with Gasteiger partial charge in [-0.05, 0) is 26.2 Å². The van der Waals surface area contributed by atoms with Gasteiger partial charge in [0.2, 0.25) is 0 Å². The summed E-state index contributed by atoms with van der Waals surface area (Å²) < 4.78 is 22.3. The first kappa shape index (κ1) is 19.9. The molecule has 0 amide bonds. The van der Waals surface area contributed by atoms with Gasteiger partial charge in [-0.15, -0.1) is 0 Å². The van der Waals surface area contributed by atoms with Crippen molar-refractivity contribution in [1.29, 1.82) is 0 Å². The quantitative estimate of drug-likeness (QED) is 0.493. The third kappa shape index (κ3) is 5.82. The summed E-state index contributed by atoms with van der Waals surface area (Å²) in [7, 11) is 0. The van der Waals surface area contributed by atoms with Crippen LogP contribution in [0.2, 0.25) is 0 Å². The van der Waals surface area contributed by atoms with Crippen LogP contribution in [0, 0.1) is 11.8 Å². The monoisotopic (exact) mass is 354 g/mol. The molecule has 0 radical (unpaired) electrons. The first-order valence-electron chi connectivity index (χ1n) is 9.22. The van der Waals surface area contributed by atoms with Crippen molar-refractivity contribution < 1.29 is 28.5 Å². The van der Waals surface area contributed by atoms with Crippen LogP contribution in [0.4, 0.5) is 0 Å². The molecule has 6 nitrogen and oxygen atoms in total. The zero-order valence-electron chi connectivity index (χ0n) is 15.4. The lowest BCUT2D eigenvalue weighted by atomic mass is 9.91. The molecule has 2 aliphatic rings. The molecule has 6 heteroatoms. The molecule has 1 heterocycles. The molecule has 0 aromatic rings. The molecule has 1 spiro atoms. The molecule has 0 bridgehead atoms. The predicted octanol–water partition coefficient (Wildman–Crippen LogP) is 3.00. The SMILES string of the molecule is C=C(C)C(=O)OCCC(=O)OCC(CC)C1COC2(CCCC2)OC1. The molecule has 1 aliphatic heterocycles. The van der Waals surface area contributed by atoms with E-state index in [0.717, 1.165) is 32.1 Å². The van der Waals surface area contributed by atoms with Gasteiger partial charge in [0.1, 0.15) is 6.61 Å². The highest BCUT2D eigenvalue weighted by atomic mass is 16.7. The molecule has 1 saturated carbocycles. The second-order valence-corrected chi connectivity index (χ2v) is 7.02. The summed E-state index contributed by atoms with van der Waals surface area (Å²) in [5.74, 6) is -0.751. The van der Waals surface area contributed by atoms with Gasteiger partial charge in [-0.25, -0.2) is 4.79 Å². The first-order chi connectivity index (χ1) is 12.0. The molecule has 142 valence electrons. The molecule has 2 fully saturated rings. The maximum absolute atomic E-state index is 11.8. The Kier molecular flexibility index (Phi) is 7.44. The molecule has 1 aliphatic carbocycles. The van der Waals surface area contributed by atoms with E-state index in [1.165, 1.54) is 0 Å². The van der Waals surface area contributed by atoms with E-state index in [1.54, 1.807) is 6.92 Å². The molecule has 1 unspecified atom stereocenters. The van der Waals surface area contributed by atoms with Gasteiger partial charge >= 0.3 is 11.9 Å². The van der Waals surface area contributed by atoms with Crippen LogP contribution in [0.15, 0.2) is 12.2 Å². The Balaban J connectivity index is 1.67. The van der Waals surface area contributed by atoms with Crippen molar-refractivity contribution in [2.24, 2.45) is 11.8 Å². The van der Waals surface area contributed by atoms with Gasteiger partial charge in [-0.3, -0.25) is 4.79 Å². The highest BCUT2D eigenvalue weighted by Gasteiger charge is 2.41. The van der Waals surface area contributed by atoms with Crippen LogP contribution in [0.1, 0.15) is 52.4 Å². The summed E-state index contributed by atoms with van der Waals surface area (Å²) in [6.45, 7) is 8.80. The molecular weight excluding hydrogens is 324 g/mol. The van der Waals surface area contributed by atoms with Crippen molar-refractivity contribution in [2.75, 3.05) is 26.4 Å². The van der Waals surface area contributed by atoms with Crippen molar-refractivity contribution in [1.82, 2.24) is 0 Å². The Hall–Kier alpha value is -1.40. The van der Waals surface area contributed by atoms with E-state index in [4.69, 9.17) is 18.9 Å². The minimum absolute atomic E-state index is 0.0134. The zero-order valence-corrected chi connectivity index (χ0v) is 15.4. The average Bonchev–Trinajstić information content (AvgIpc) is 3.05. The van der Waals surface area contributed by atoms with Crippen LogP contribution < -0.4 is 0 Å². The van der Waals surface area contributed by atoms with Crippen LogP contribution in [-0.2, 0) is 28.5 Å². The largest absolute Gasteiger partial charge is 0.465 e. The van der Waals surface area contributed by atoms with Crippen LogP contribution >= 0.6 is 0 Å². The smallest absolute Gasteiger partial charge is 0.333 e. The standard InChI is InChI=1S/C19H30O6/c1-4-15(11-23-17(20)7-10-22-18(21)14(2)3)16-12-24-19(25-13-16)8-5-6-9-19/h15-16H,2,4-13H2,1,3H3. The van der Waals surface area contributed by atoms with Gasteiger partial charge in [0.25, 0.3) is 0 Å². The van der Waals surface area contributed by atoms with E-state index in [-0.39, 0.29) is 36.6 Å². The molecule has 0 N–H and O–H groups in total. The Bertz CT molecular complexity index is 470. The molecule has 1 atom stereocenters. The Morgan fingerprint density at radius 1 is 1.20 bits per heavy atom. The van der Waals surface area contributed by atoms with Crippen LogP contribution in [0.3, 0.4) is 0 Å². The predicted molar refractivity (Wildman–Crippen MR) is 91.7 cm³/mol. The summed E-state index contributed by atoms with van der Waals surface area (Å²) in [4.78, 5) is 23.1. The third-order valence-corrected chi connectivity index (χ3v) is 5.02. The zero-order chi connectivity index (χ0) is 18.3. The molecule has 25 heavy (non-hydrogen) atoms. The van der Waals surface area contributed by atoms with E-state index < -0.39 is 5.97 Å². The second kappa shape index (κ2) is 9.34. The van der Waals surface area contributed by atoms with Crippen molar-refractivity contribution in [3.8, 4) is 0 Å². The Morgan fingerprint density at radius 2 is 1.84 bits per heavy atom. The molecule has 0 aromatic carbocycles. The number of rotatable bonds is 8. The molecule has 1 saturated heterocycles. The molecular formula is C19H30O6. The van der Waals surface area contributed by atoms with E-state index in [2.05, 4.69) is 13.5 Å². The minimum atomic E-state index is -0.489. The lowest BCUT2D eigenvalue weighted by molar-refractivity contribution is -0.285. The highest BCUT2D eigenvalue weighted by molar-refractivity contribution is 5.87. The summed E-state index contributed by atoms with van der Waals surface area (Å²) in [5, 5.41) is 0. The fourth-order valence-corrected chi connectivity index (χ4v) is 3.29. The van der Waals surface area contributed by atoms with Gasteiger partial charge in [-0.1, -0.05) is 13.5 Å². The fraction of sp³-hybridized carbons (Fsp3) is 0.789. The van der Waals surface area contributed by atoms with Gasteiger partial charge in [0, 0.05) is 30.3 Å². The number of esters is 2. The maximum Gasteiger partial charge on any atom is 0.333 e. The summed E-state index contributed by atoms with van der Waals surface area (Å²) in [6, 6.07) is 0. The van der Waals surface area contributed by atoms with Crippen molar-refractivity contribution >= 4 is 11.9 Å². The van der Waals surface area contributed by atoms with E-state index >= 15 is 0 Å². The van der Waals surface area contributed by atoms with Crippen LogP contribution in [0.5, 0.6) is 0 Å². The summed E-state index contributed by atoms with van der Waals surface area (Å²) >= 11 is 0. The van der Waals surface area contributed by atoms with Gasteiger partial charge in [-0.2, -0.15) is 0 Å². The number of ether oxygens (including phenoxy) is 4. The van der Waals surface area contributed by atoms with Crippen LogP contribution in [0.25, 0.3) is 0 Å². The molecule has 0 aromatic heterocycles. The first-order valence-corrected chi connectivity index (χ1v) is 9.22. The van der Waals surface area contributed by atoms with Crippen molar-refractivity contribution in [3.63, 3.8) is 0 Å². The number of carbonyl (C=O) groups excluding carboxylic acids is 2. The summed E-state index contributed by atoms with van der Waals surface area (Å²) in [5.41, 5.74) is 0.316.